The van der Waals surface area contributed by atoms with Crippen molar-refractivity contribution in [3.05, 3.63) is 90.7 Å². The van der Waals surface area contributed by atoms with Gasteiger partial charge in [0.2, 0.25) is 0 Å². The molecule has 2 atom stereocenters. The number of aromatic nitrogens is 3. The molecular weight excluding hydrogens is 612 g/mol. The van der Waals surface area contributed by atoms with Crippen LogP contribution in [0, 0.1) is 19.3 Å². The average molecular weight is 665 g/mol. The van der Waals surface area contributed by atoms with Crippen molar-refractivity contribution in [3.8, 4) is 28.1 Å². The molecule has 1 saturated heterocycles. The predicted octanol–water partition coefficient (Wildman–Crippen LogP) is 9.54. The molecule has 0 spiro atoms. The number of hydrogen-bond acceptors (Lipinski definition) is 6. The number of carbonyl (C=O) groups is 1. The Morgan fingerprint density at radius 3 is 2.39 bits per heavy atom. The third-order valence-electron chi connectivity index (χ3n) is 9.42. The molecule has 1 fully saturated rings. The molecule has 0 amide bonds. The molecular formula is C41H52N4O4. The standard InChI is InChI=1S/C41H52N4O4/c1-10-12-20-41(9)21-23-44(24-22-41)38-35(37(39(46)47)49-40(6,7)8)29(5)42-34-26-33(43-45(34)38)32-19-14-18-31(30-17-13-16-27(3)25-30)36(32)48-28(4)15-11-2/h10-11,13-14,16-19,25-26,28,37H,1-2,12,15,20-24H2,3-9H3,(H,46,47)/t28-,37?/m0/s1. The lowest BCUT2D eigenvalue weighted by Gasteiger charge is -2.41. The van der Waals surface area contributed by atoms with Crippen molar-refractivity contribution in [2.45, 2.75) is 98.4 Å². The molecule has 4 aromatic rings. The van der Waals surface area contributed by atoms with Crippen LogP contribution in [0.2, 0.25) is 0 Å². The molecule has 49 heavy (non-hydrogen) atoms. The number of rotatable bonds is 13. The fraction of sp³-hybridized carbons (Fsp3) is 0.439. The fourth-order valence-electron chi connectivity index (χ4n) is 6.79. The van der Waals surface area contributed by atoms with Gasteiger partial charge in [-0.1, -0.05) is 61.0 Å². The van der Waals surface area contributed by atoms with E-state index in [0.29, 0.717) is 34.8 Å². The second-order valence-electron chi connectivity index (χ2n) is 14.8. The first-order valence-corrected chi connectivity index (χ1v) is 17.4. The van der Waals surface area contributed by atoms with Gasteiger partial charge in [-0.2, -0.15) is 9.61 Å². The van der Waals surface area contributed by atoms with Crippen LogP contribution in [0.25, 0.3) is 28.0 Å². The van der Waals surface area contributed by atoms with Crippen molar-refractivity contribution in [1.29, 1.82) is 0 Å². The third-order valence-corrected chi connectivity index (χ3v) is 9.42. The van der Waals surface area contributed by atoms with Crippen LogP contribution in [-0.4, -0.2) is 50.5 Å². The number of piperidine rings is 1. The summed E-state index contributed by atoms with van der Waals surface area (Å²) in [6.45, 7) is 23.3. The summed E-state index contributed by atoms with van der Waals surface area (Å²) in [5, 5.41) is 15.8. The molecule has 3 heterocycles. The molecule has 5 rings (SSSR count). The van der Waals surface area contributed by atoms with Crippen molar-refractivity contribution in [2.75, 3.05) is 18.0 Å². The summed E-state index contributed by atoms with van der Waals surface area (Å²) in [6, 6.07) is 16.5. The number of carboxylic acid groups (broad SMARTS) is 1. The minimum atomic E-state index is -1.23. The number of allylic oxidation sites excluding steroid dienone is 1. The van der Waals surface area contributed by atoms with E-state index in [-0.39, 0.29) is 11.5 Å². The van der Waals surface area contributed by atoms with Gasteiger partial charge in [-0.25, -0.2) is 9.78 Å². The molecule has 0 saturated carbocycles. The molecule has 260 valence electrons. The van der Waals surface area contributed by atoms with Crippen molar-refractivity contribution >= 4 is 17.4 Å². The van der Waals surface area contributed by atoms with E-state index in [1.807, 2.05) is 69.5 Å². The number of fused-ring (bicyclic) bond motifs is 1. The zero-order valence-corrected chi connectivity index (χ0v) is 30.3. The minimum Gasteiger partial charge on any atom is -0.489 e. The number of nitrogens with zero attached hydrogens (tertiary/aromatic N) is 4. The van der Waals surface area contributed by atoms with Crippen molar-refractivity contribution in [3.63, 3.8) is 0 Å². The summed E-state index contributed by atoms with van der Waals surface area (Å²) >= 11 is 0. The second kappa shape index (κ2) is 14.6. The van der Waals surface area contributed by atoms with Gasteiger partial charge < -0.3 is 19.5 Å². The van der Waals surface area contributed by atoms with Gasteiger partial charge in [-0.15, -0.1) is 13.2 Å². The summed E-state index contributed by atoms with van der Waals surface area (Å²) in [5.74, 6) is 0.395. The van der Waals surface area contributed by atoms with E-state index in [1.54, 1.807) is 0 Å². The van der Waals surface area contributed by atoms with E-state index >= 15 is 0 Å². The average Bonchev–Trinajstić information content (AvgIpc) is 3.46. The molecule has 0 bridgehead atoms. The Labute approximate surface area is 291 Å². The molecule has 8 nitrogen and oxygen atoms in total. The topological polar surface area (TPSA) is 89.2 Å². The maximum atomic E-state index is 12.9. The monoisotopic (exact) mass is 664 g/mol. The Morgan fingerprint density at radius 1 is 1.06 bits per heavy atom. The highest BCUT2D eigenvalue weighted by molar-refractivity contribution is 5.83. The number of para-hydroxylation sites is 1. The van der Waals surface area contributed by atoms with Gasteiger partial charge in [0.25, 0.3) is 0 Å². The van der Waals surface area contributed by atoms with Crippen molar-refractivity contribution in [1.82, 2.24) is 14.6 Å². The first-order valence-electron chi connectivity index (χ1n) is 17.4. The van der Waals surface area contributed by atoms with Gasteiger partial charge >= 0.3 is 5.97 Å². The first kappa shape index (κ1) is 35.9. The quantitative estimate of drug-likeness (QED) is 0.142. The van der Waals surface area contributed by atoms with Crippen molar-refractivity contribution in [2.24, 2.45) is 5.41 Å². The Hall–Kier alpha value is -4.43. The van der Waals surface area contributed by atoms with E-state index in [1.165, 1.54) is 0 Å². The van der Waals surface area contributed by atoms with Gasteiger partial charge in [0.05, 0.1) is 23.0 Å². The Balaban J connectivity index is 1.72. The third kappa shape index (κ3) is 8.07. The van der Waals surface area contributed by atoms with E-state index in [2.05, 4.69) is 62.2 Å². The van der Waals surface area contributed by atoms with Gasteiger partial charge in [-0.05, 0) is 84.3 Å². The smallest absolute Gasteiger partial charge is 0.337 e. The number of ether oxygens (including phenoxy) is 2. The summed E-state index contributed by atoms with van der Waals surface area (Å²) in [7, 11) is 0. The number of aliphatic carboxylic acids is 1. The fourth-order valence-corrected chi connectivity index (χ4v) is 6.79. The zero-order chi connectivity index (χ0) is 35.5. The van der Waals surface area contributed by atoms with Crippen LogP contribution in [-0.2, 0) is 9.53 Å². The highest BCUT2D eigenvalue weighted by Gasteiger charge is 2.37. The SMILES string of the molecule is C=CCCC1(C)CCN(c2c(C(OC(C)(C)C)C(=O)O)c(C)nc3cc(-c4cccc(-c5cccc(C)c5)c4O[C@@H](C)CC=C)nn23)CC1. The molecule has 8 heteroatoms. The number of carboxylic acids is 1. The summed E-state index contributed by atoms with van der Waals surface area (Å²) in [6.07, 6.45) is 7.18. The van der Waals surface area contributed by atoms with E-state index < -0.39 is 17.7 Å². The second-order valence-corrected chi connectivity index (χ2v) is 14.8. The zero-order valence-electron chi connectivity index (χ0n) is 30.3. The molecule has 2 aromatic heterocycles. The maximum absolute atomic E-state index is 12.9. The molecule has 2 aromatic carbocycles. The van der Waals surface area contributed by atoms with Gasteiger partial charge in [0, 0.05) is 42.4 Å². The highest BCUT2D eigenvalue weighted by Crippen LogP contribution is 2.43. The number of aryl methyl sites for hydroxylation is 2. The van der Waals surface area contributed by atoms with Crippen molar-refractivity contribution < 1.29 is 19.4 Å². The van der Waals surface area contributed by atoms with E-state index in [0.717, 1.165) is 66.8 Å². The predicted molar refractivity (Wildman–Crippen MR) is 198 cm³/mol. The maximum Gasteiger partial charge on any atom is 0.337 e. The minimum absolute atomic E-state index is 0.114. The van der Waals surface area contributed by atoms with Crippen LogP contribution in [0.5, 0.6) is 5.75 Å². The first-order chi connectivity index (χ1) is 23.2. The molecule has 1 unspecified atom stereocenters. The van der Waals surface area contributed by atoms with Gasteiger partial charge in [0.1, 0.15) is 11.6 Å². The largest absolute Gasteiger partial charge is 0.489 e. The van der Waals surface area contributed by atoms with Gasteiger partial charge in [0.15, 0.2) is 11.8 Å². The lowest BCUT2D eigenvalue weighted by molar-refractivity contribution is -0.160. The summed E-state index contributed by atoms with van der Waals surface area (Å²) < 4.78 is 14.7. The summed E-state index contributed by atoms with van der Waals surface area (Å²) in [5.41, 5.74) is 5.96. The van der Waals surface area contributed by atoms with Crippen LogP contribution in [0.3, 0.4) is 0 Å². The molecule has 0 aliphatic carbocycles. The normalized spacial score (nSPS) is 15.9. The van der Waals surface area contributed by atoms with Crippen LogP contribution < -0.4 is 9.64 Å². The molecule has 1 aliphatic rings. The van der Waals surface area contributed by atoms with Crippen LogP contribution in [0.15, 0.2) is 73.8 Å². The molecule has 1 N–H and O–H groups in total. The highest BCUT2D eigenvalue weighted by atomic mass is 16.5. The number of benzene rings is 2. The molecule has 1 aliphatic heterocycles. The Morgan fingerprint density at radius 2 is 1.76 bits per heavy atom. The van der Waals surface area contributed by atoms with Gasteiger partial charge in [-0.3, -0.25) is 0 Å². The lowest BCUT2D eigenvalue weighted by atomic mass is 9.76. The van der Waals surface area contributed by atoms with E-state index in [4.69, 9.17) is 19.6 Å². The summed E-state index contributed by atoms with van der Waals surface area (Å²) in [4.78, 5) is 20.1. The number of hydrogen-bond donors (Lipinski definition) is 1. The van der Waals surface area contributed by atoms with Crippen LogP contribution in [0.4, 0.5) is 5.82 Å². The Kier molecular flexibility index (Phi) is 10.7. The molecule has 0 radical (unpaired) electrons. The van der Waals surface area contributed by atoms with Crippen LogP contribution in [0.1, 0.15) is 89.6 Å². The van der Waals surface area contributed by atoms with E-state index in [9.17, 15) is 9.90 Å². The Bertz CT molecular complexity index is 1830. The number of anilines is 1. The van der Waals surface area contributed by atoms with Crippen LogP contribution >= 0.6 is 0 Å². The lowest BCUT2D eigenvalue weighted by Crippen LogP contribution is -2.41.